The van der Waals surface area contributed by atoms with Crippen LogP contribution in [0.5, 0.6) is 0 Å². The summed E-state index contributed by atoms with van der Waals surface area (Å²) in [6.45, 7) is 2.35. The molecule has 16 heavy (non-hydrogen) atoms. The number of fused-ring (bicyclic) bond motifs is 1. The van der Waals surface area contributed by atoms with Crippen molar-refractivity contribution in [3.8, 4) is 6.07 Å². The number of nitriles is 1. The molecular formula is C12H12N2O2. The molecule has 1 aromatic rings. The fourth-order valence-electron chi connectivity index (χ4n) is 2.18. The Bertz CT molecular complexity index is 549. The second-order valence-corrected chi connectivity index (χ2v) is 3.86. The number of hydrogen-bond acceptors (Lipinski definition) is 3. The molecule has 0 amide bonds. The number of carbonyl (C=O) groups excluding carboxylic acids is 1. The maximum Gasteiger partial charge on any atom is 0.268 e. The molecule has 1 aromatic heterocycles. The summed E-state index contributed by atoms with van der Waals surface area (Å²) in [6.07, 6.45) is 2.05. The number of hydrogen-bond donors (Lipinski definition) is 0. The lowest BCUT2D eigenvalue weighted by Gasteiger charge is -2.19. The molecule has 0 fully saturated rings. The largest absolute Gasteiger partial charge is 0.311 e. The summed E-state index contributed by atoms with van der Waals surface area (Å²) < 4.78 is 1.55. The Labute approximate surface area is 93.1 Å². The highest BCUT2D eigenvalue weighted by Crippen LogP contribution is 2.20. The van der Waals surface area contributed by atoms with Crippen molar-refractivity contribution in [1.29, 1.82) is 5.26 Å². The van der Waals surface area contributed by atoms with Crippen LogP contribution < -0.4 is 5.56 Å². The highest BCUT2D eigenvalue weighted by molar-refractivity contribution is 5.98. The van der Waals surface area contributed by atoms with Crippen molar-refractivity contribution in [2.45, 2.75) is 32.7 Å². The summed E-state index contributed by atoms with van der Waals surface area (Å²) in [4.78, 5) is 23.5. The number of Topliss-reactive ketones (excluding diaryl/α,β-unsaturated/α-hetero) is 1. The zero-order chi connectivity index (χ0) is 11.7. The van der Waals surface area contributed by atoms with E-state index in [0.29, 0.717) is 18.5 Å². The van der Waals surface area contributed by atoms with Crippen LogP contribution in [-0.2, 0) is 13.0 Å². The van der Waals surface area contributed by atoms with Gasteiger partial charge in [-0.1, -0.05) is 0 Å². The van der Waals surface area contributed by atoms with E-state index in [0.717, 1.165) is 18.5 Å². The van der Waals surface area contributed by atoms with E-state index in [4.69, 9.17) is 5.26 Å². The van der Waals surface area contributed by atoms with Gasteiger partial charge in [-0.05, 0) is 25.8 Å². The predicted octanol–water partition coefficient (Wildman–Crippen LogP) is 1.26. The average Bonchev–Trinajstić information content (AvgIpc) is 2.29. The first-order valence-corrected chi connectivity index (χ1v) is 5.39. The standard InChI is InChI=1S/C12H12N2O2/c1-2-14-10-4-3-5-11(15)9(10)6-8(7-13)12(14)16/h6H,2-5H2,1H3. The van der Waals surface area contributed by atoms with Crippen molar-refractivity contribution >= 4 is 5.78 Å². The second-order valence-electron chi connectivity index (χ2n) is 3.86. The molecule has 0 aromatic carbocycles. The lowest BCUT2D eigenvalue weighted by atomic mass is 9.93. The average molecular weight is 216 g/mol. The third kappa shape index (κ3) is 1.45. The minimum atomic E-state index is -0.279. The minimum Gasteiger partial charge on any atom is -0.311 e. The Hall–Kier alpha value is -1.89. The van der Waals surface area contributed by atoms with Gasteiger partial charge in [-0.2, -0.15) is 5.26 Å². The van der Waals surface area contributed by atoms with Gasteiger partial charge < -0.3 is 4.57 Å². The first-order valence-electron chi connectivity index (χ1n) is 5.39. The summed E-state index contributed by atoms with van der Waals surface area (Å²) in [7, 11) is 0. The normalized spacial score (nSPS) is 14.4. The monoisotopic (exact) mass is 216 g/mol. The highest BCUT2D eigenvalue weighted by atomic mass is 16.1. The van der Waals surface area contributed by atoms with Crippen molar-refractivity contribution in [2.75, 3.05) is 0 Å². The fraction of sp³-hybridized carbons (Fsp3) is 0.417. The topological polar surface area (TPSA) is 62.9 Å². The lowest BCUT2D eigenvalue weighted by Crippen LogP contribution is -2.29. The Kier molecular flexibility index (Phi) is 2.61. The number of nitrogens with zero attached hydrogens (tertiary/aromatic N) is 2. The maximum atomic E-state index is 11.8. The van der Waals surface area contributed by atoms with Crippen LogP contribution in [0, 0.1) is 11.3 Å². The van der Waals surface area contributed by atoms with E-state index >= 15 is 0 Å². The Morgan fingerprint density at radius 1 is 1.44 bits per heavy atom. The van der Waals surface area contributed by atoms with Gasteiger partial charge in [-0.3, -0.25) is 9.59 Å². The number of aromatic nitrogens is 1. The van der Waals surface area contributed by atoms with Gasteiger partial charge in [0.1, 0.15) is 11.6 Å². The van der Waals surface area contributed by atoms with Gasteiger partial charge in [0.05, 0.1) is 0 Å². The fourth-order valence-corrected chi connectivity index (χ4v) is 2.18. The molecule has 0 atom stereocenters. The molecule has 1 aliphatic carbocycles. The molecule has 1 heterocycles. The van der Waals surface area contributed by atoms with Crippen LogP contribution in [0.4, 0.5) is 0 Å². The predicted molar refractivity (Wildman–Crippen MR) is 58.4 cm³/mol. The van der Waals surface area contributed by atoms with Crippen LogP contribution in [0.15, 0.2) is 10.9 Å². The van der Waals surface area contributed by atoms with Crippen LogP contribution >= 0.6 is 0 Å². The van der Waals surface area contributed by atoms with Crippen molar-refractivity contribution in [2.24, 2.45) is 0 Å². The van der Waals surface area contributed by atoms with E-state index in [1.165, 1.54) is 6.07 Å². The van der Waals surface area contributed by atoms with Gasteiger partial charge in [-0.25, -0.2) is 0 Å². The number of pyridine rings is 1. The third-order valence-corrected chi connectivity index (χ3v) is 2.96. The van der Waals surface area contributed by atoms with Crippen molar-refractivity contribution in [3.05, 3.63) is 33.2 Å². The highest BCUT2D eigenvalue weighted by Gasteiger charge is 2.22. The molecule has 0 spiro atoms. The molecule has 4 heteroatoms. The molecule has 0 unspecified atom stereocenters. The summed E-state index contributed by atoms with van der Waals surface area (Å²) in [5.74, 6) is 0.0416. The van der Waals surface area contributed by atoms with Crippen LogP contribution in [0.3, 0.4) is 0 Å². The van der Waals surface area contributed by atoms with Gasteiger partial charge in [0.25, 0.3) is 5.56 Å². The zero-order valence-electron chi connectivity index (χ0n) is 9.12. The molecule has 0 bridgehead atoms. The van der Waals surface area contributed by atoms with E-state index in [2.05, 4.69) is 0 Å². The molecule has 0 N–H and O–H groups in total. The van der Waals surface area contributed by atoms with E-state index in [1.54, 1.807) is 4.57 Å². The Morgan fingerprint density at radius 2 is 2.19 bits per heavy atom. The molecule has 0 saturated heterocycles. The lowest BCUT2D eigenvalue weighted by molar-refractivity contribution is 0.0970. The Balaban J connectivity index is 2.79. The molecule has 0 radical (unpaired) electrons. The zero-order valence-corrected chi connectivity index (χ0v) is 9.12. The van der Waals surface area contributed by atoms with Crippen LogP contribution in [0.2, 0.25) is 0 Å². The van der Waals surface area contributed by atoms with Gasteiger partial charge in [-0.15, -0.1) is 0 Å². The maximum absolute atomic E-state index is 11.8. The van der Waals surface area contributed by atoms with Gasteiger partial charge in [0, 0.05) is 24.2 Å². The Morgan fingerprint density at radius 3 is 2.81 bits per heavy atom. The van der Waals surface area contributed by atoms with E-state index in [9.17, 15) is 9.59 Å². The smallest absolute Gasteiger partial charge is 0.268 e. The molecular weight excluding hydrogens is 204 g/mol. The second kappa shape index (κ2) is 3.93. The first kappa shape index (κ1) is 10.6. The summed E-state index contributed by atoms with van der Waals surface area (Å²) >= 11 is 0. The number of carbonyl (C=O) groups is 1. The van der Waals surface area contributed by atoms with Gasteiger partial charge in [0.2, 0.25) is 0 Å². The van der Waals surface area contributed by atoms with E-state index in [1.807, 2.05) is 13.0 Å². The number of ketones is 1. The van der Waals surface area contributed by atoms with Crippen molar-refractivity contribution in [1.82, 2.24) is 4.57 Å². The van der Waals surface area contributed by atoms with Crippen LogP contribution in [0.25, 0.3) is 0 Å². The van der Waals surface area contributed by atoms with Gasteiger partial charge >= 0.3 is 0 Å². The summed E-state index contributed by atoms with van der Waals surface area (Å²) in [5, 5.41) is 8.85. The molecule has 0 saturated carbocycles. The SMILES string of the molecule is CCn1c2c(cc(C#N)c1=O)C(=O)CCC2. The first-order chi connectivity index (χ1) is 7.69. The molecule has 0 aliphatic heterocycles. The van der Waals surface area contributed by atoms with Crippen LogP contribution in [0.1, 0.15) is 41.4 Å². The summed E-state index contributed by atoms with van der Waals surface area (Å²) in [6, 6.07) is 3.30. The third-order valence-electron chi connectivity index (χ3n) is 2.96. The molecule has 4 nitrogen and oxygen atoms in total. The summed E-state index contributed by atoms with van der Waals surface area (Å²) in [5.41, 5.74) is 1.14. The quantitative estimate of drug-likeness (QED) is 0.709. The van der Waals surface area contributed by atoms with Crippen molar-refractivity contribution in [3.63, 3.8) is 0 Å². The molecule has 1 aliphatic rings. The van der Waals surface area contributed by atoms with Gasteiger partial charge in [0.15, 0.2) is 5.78 Å². The number of rotatable bonds is 1. The van der Waals surface area contributed by atoms with Crippen molar-refractivity contribution < 1.29 is 4.79 Å². The van der Waals surface area contributed by atoms with Crippen LogP contribution in [-0.4, -0.2) is 10.4 Å². The van der Waals surface area contributed by atoms with E-state index in [-0.39, 0.29) is 16.9 Å². The minimum absolute atomic E-state index is 0.0416. The molecule has 2 rings (SSSR count). The van der Waals surface area contributed by atoms with E-state index < -0.39 is 0 Å². The molecule has 82 valence electrons.